The normalized spacial score (nSPS) is 12.8. The third-order valence-electron chi connectivity index (χ3n) is 4.21. The second kappa shape index (κ2) is 8.39. The SMILES string of the molecule is COc1ccc(C(=O)COC(=O)c2ccc(N3C(=O)C=CC3=O)cc2)cc1OC. The van der Waals surface area contributed by atoms with E-state index in [9.17, 15) is 19.2 Å². The molecule has 0 saturated heterocycles. The number of ether oxygens (including phenoxy) is 3. The van der Waals surface area contributed by atoms with Crippen LogP contribution in [0.25, 0.3) is 0 Å². The molecule has 0 aliphatic carbocycles. The molecule has 0 atom stereocenters. The van der Waals surface area contributed by atoms with Crippen LogP contribution in [0, 0.1) is 0 Å². The lowest BCUT2D eigenvalue weighted by Gasteiger charge is -2.14. The van der Waals surface area contributed by atoms with Crippen molar-refractivity contribution in [2.45, 2.75) is 0 Å². The largest absolute Gasteiger partial charge is 0.493 e. The van der Waals surface area contributed by atoms with Gasteiger partial charge in [0.2, 0.25) is 0 Å². The van der Waals surface area contributed by atoms with Crippen molar-refractivity contribution in [2.75, 3.05) is 25.7 Å². The number of ketones is 1. The van der Waals surface area contributed by atoms with E-state index >= 15 is 0 Å². The highest BCUT2D eigenvalue weighted by Gasteiger charge is 2.25. The number of hydrogen-bond acceptors (Lipinski definition) is 7. The molecule has 0 saturated carbocycles. The summed E-state index contributed by atoms with van der Waals surface area (Å²) in [6.45, 7) is -0.455. The minimum atomic E-state index is -0.706. The van der Waals surface area contributed by atoms with Crippen molar-refractivity contribution < 1.29 is 33.4 Å². The first-order chi connectivity index (χ1) is 13.9. The maximum atomic E-state index is 12.3. The maximum Gasteiger partial charge on any atom is 0.338 e. The van der Waals surface area contributed by atoms with Gasteiger partial charge in [0.05, 0.1) is 25.5 Å². The monoisotopic (exact) mass is 395 g/mol. The van der Waals surface area contributed by atoms with Crippen LogP contribution in [0.5, 0.6) is 11.5 Å². The van der Waals surface area contributed by atoms with Crippen LogP contribution in [-0.4, -0.2) is 44.4 Å². The molecule has 29 heavy (non-hydrogen) atoms. The van der Waals surface area contributed by atoms with Crippen molar-refractivity contribution in [1.82, 2.24) is 0 Å². The maximum absolute atomic E-state index is 12.3. The number of rotatable bonds is 7. The van der Waals surface area contributed by atoms with E-state index in [-0.39, 0.29) is 5.56 Å². The molecule has 0 bridgehead atoms. The number of imide groups is 1. The van der Waals surface area contributed by atoms with Gasteiger partial charge < -0.3 is 14.2 Å². The smallest absolute Gasteiger partial charge is 0.338 e. The molecule has 2 aromatic carbocycles. The van der Waals surface area contributed by atoms with Crippen LogP contribution in [0.3, 0.4) is 0 Å². The van der Waals surface area contributed by atoms with Crippen molar-refractivity contribution in [3.63, 3.8) is 0 Å². The van der Waals surface area contributed by atoms with Gasteiger partial charge in [0.25, 0.3) is 11.8 Å². The summed E-state index contributed by atoms with van der Waals surface area (Å²) in [6, 6.07) is 10.4. The molecule has 0 N–H and O–H groups in total. The van der Waals surface area contributed by atoms with Gasteiger partial charge in [0, 0.05) is 17.7 Å². The van der Waals surface area contributed by atoms with Crippen molar-refractivity contribution >= 4 is 29.3 Å². The molecule has 3 rings (SSSR count). The van der Waals surface area contributed by atoms with Crippen LogP contribution in [-0.2, 0) is 14.3 Å². The topological polar surface area (TPSA) is 99.2 Å². The zero-order valence-corrected chi connectivity index (χ0v) is 15.7. The summed E-state index contributed by atoms with van der Waals surface area (Å²) in [6.07, 6.45) is 2.34. The lowest BCUT2D eigenvalue weighted by Crippen LogP contribution is -2.29. The molecule has 0 aromatic heterocycles. The van der Waals surface area contributed by atoms with E-state index in [1.165, 1.54) is 56.7 Å². The minimum Gasteiger partial charge on any atom is -0.493 e. The molecule has 1 aliphatic heterocycles. The number of amides is 2. The van der Waals surface area contributed by atoms with Gasteiger partial charge in [-0.3, -0.25) is 14.4 Å². The summed E-state index contributed by atoms with van der Waals surface area (Å²) in [5, 5.41) is 0. The lowest BCUT2D eigenvalue weighted by molar-refractivity contribution is -0.119. The number of Topliss-reactive ketones (excluding diaryl/α,β-unsaturated/α-hetero) is 1. The molecule has 2 aromatic rings. The molecule has 0 radical (unpaired) electrons. The summed E-state index contributed by atoms with van der Waals surface area (Å²) in [5.41, 5.74) is 0.827. The van der Waals surface area contributed by atoms with Gasteiger partial charge in [-0.25, -0.2) is 9.69 Å². The molecule has 8 nitrogen and oxygen atoms in total. The predicted molar refractivity (Wildman–Crippen MR) is 102 cm³/mol. The molecular formula is C21H17NO7. The number of esters is 1. The van der Waals surface area contributed by atoms with Crippen LogP contribution < -0.4 is 14.4 Å². The van der Waals surface area contributed by atoms with Crippen molar-refractivity contribution in [2.24, 2.45) is 0 Å². The number of carbonyl (C=O) groups excluding carboxylic acids is 4. The fourth-order valence-electron chi connectivity index (χ4n) is 2.71. The second-order valence-electron chi connectivity index (χ2n) is 5.96. The third kappa shape index (κ3) is 4.16. The predicted octanol–water partition coefficient (Wildman–Crippen LogP) is 2.17. The molecule has 0 fully saturated rings. The Morgan fingerprint density at radius 1 is 0.828 bits per heavy atom. The van der Waals surface area contributed by atoms with Gasteiger partial charge in [-0.2, -0.15) is 0 Å². The van der Waals surface area contributed by atoms with Crippen molar-refractivity contribution in [3.8, 4) is 11.5 Å². The Morgan fingerprint density at radius 3 is 2.00 bits per heavy atom. The van der Waals surface area contributed by atoms with Crippen LogP contribution in [0.15, 0.2) is 54.6 Å². The van der Waals surface area contributed by atoms with Gasteiger partial charge in [0.15, 0.2) is 23.9 Å². The van der Waals surface area contributed by atoms with E-state index < -0.39 is 30.2 Å². The van der Waals surface area contributed by atoms with Crippen LogP contribution >= 0.6 is 0 Å². The Morgan fingerprint density at radius 2 is 1.41 bits per heavy atom. The minimum absolute atomic E-state index is 0.181. The molecule has 1 heterocycles. The molecule has 0 spiro atoms. The Balaban J connectivity index is 1.63. The van der Waals surface area contributed by atoms with E-state index in [0.29, 0.717) is 22.7 Å². The Bertz CT molecular complexity index is 990. The van der Waals surface area contributed by atoms with E-state index in [1.807, 2.05) is 0 Å². The average molecular weight is 395 g/mol. The number of methoxy groups -OCH3 is 2. The van der Waals surface area contributed by atoms with E-state index in [0.717, 1.165) is 4.90 Å². The zero-order valence-electron chi connectivity index (χ0n) is 15.7. The molecular weight excluding hydrogens is 378 g/mol. The summed E-state index contributed by atoms with van der Waals surface area (Å²) >= 11 is 0. The van der Waals surface area contributed by atoms with Crippen LogP contribution in [0.4, 0.5) is 5.69 Å². The van der Waals surface area contributed by atoms with E-state index in [2.05, 4.69) is 0 Å². The highest BCUT2D eigenvalue weighted by atomic mass is 16.5. The fraction of sp³-hybridized carbons (Fsp3) is 0.143. The molecule has 8 heteroatoms. The molecule has 1 aliphatic rings. The number of benzene rings is 2. The Hall–Kier alpha value is -3.94. The fourth-order valence-corrected chi connectivity index (χ4v) is 2.71. The molecule has 0 unspecified atom stereocenters. The van der Waals surface area contributed by atoms with Gasteiger partial charge in [-0.15, -0.1) is 0 Å². The molecule has 148 valence electrons. The first-order valence-corrected chi connectivity index (χ1v) is 8.53. The standard InChI is InChI=1S/C21H17NO7/c1-27-17-8-5-14(11-18(17)28-2)16(23)12-29-21(26)13-3-6-15(7-4-13)22-19(24)9-10-20(22)25/h3-11H,12H2,1-2H3. The van der Waals surface area contributed by atoms with Crippen molar-refractivity contribution in [3.05, 3.63) is 65.7 Å². The zero-order chi connectivity index (χ0) is 21.0. The highest BCUT2D eigenvalue weighted by Crippen LogP contribution is 2.27. The summed E-state index contributed by atoms with van der Waals surface area (Å²) in [4.78, 5) is 48.8. The Labute approximate surface area is 166 Å². The van der Waals surface area contributed by atoms with Crippen molar-refractivity contribution in [1.29, 1.82) is 0 Å². The second-order valence-corrected chi connectivity index (χ2v) is 5.96. The van der Waals surface area contributed by atoms with E-state index in [4.69, 9.17) is 14.2 Å². The third-order valence-corrected chi connectivity index (χ3v) is 4.21. The highest BCUT2D eigenvalue weighted by molar-refractivity contribution is 6.28. The number of nitrogens with zero attached hydrogens (tertiary/aromatic N) is 1. The van der Waals surface area contributed by atoms with Gasteiger partial charge in [-0.05, 0) is 42.5 Å². The quantitative estimate of drug-likeness (QED) is 0.402. The number of carbonyl (C=O) groups is 4. The summed E-state index contributed by atoms with van der Waals surface area (Å²) < 4.78 is 15.3. The lowest BCUT2D eigenvalue weighted by atomic mass is 10.1. The van der Waals surface area contributed by atoms with Gasteiger partial charge in [-0.1, -0.05) is 0 Å². The van der Waals surface area contributed by atoms with Crippen LogP contribution in [0.2, 0.25) is 0 Å². The summed E-state index contributed by atoms with van der Waals surface area (Å²) in [7, 11) is 2.94. The van der Waals surface area contributed by atoms with Gasteiger partial charge in [0.1, 0.15) is 0 Å². The molecule has 2 amide bonds. The first-order valence-electron chi connectivity index (χ1n) is 8.53. The Kier molecular flexibility index (Phi) is 5.73. The average Bonchev–Trinajstić information content (AvgIpc) is 3.09. The van der Waals surface area contributed by atoms with Crippen LogP contribution in [0.1, 0.15) is 20.7 Å². The number of hydrogen-bond donors (Lipinski definition) is 0. The first kappa shape index (κ1) is 19.8. The number of anilines is 1. The van der Waals surface area contributed by atoms with Gasteiger partial charge >= 0.3 is 5.97 Å². The van der Waals surface area contributed by atoms with E-state index in [1.54, 1.807) is 12.1 Å². The summed E-state index contributed by atoms with van der Waals surface area (Å²) in [5.74, 6) is -1.15.